The topological polar surface area (TPSA) is 75.9 Å². The molecule has 2 amide bonds. The Labute approximate surface area is 130 Å². The van der Waals surface area contributed by atoms with E-state index in [4.69, 9.17) is 9.26 Å². The van der Waals surface area contributed by atoms with Crippen LogP contribution >= 0.6 is 0 Å². The Bertz CT molecular complexity index is 515. The van der Waals surface area contributed by atoms with Gasteiger partial charge in [-0.1, -0.05) is 12.1 Å². The number of rotatable bonds is 5. The van der Waals surface area contributed by atoms with Gasteiger partial charge in [-0.2, -0.15) is 0 Å². The molecule has 0 aliphatic carbocycles. The summed E-state index contributed by atoms with van der Waals surface area (Å²) in [6.07, 6.45) is 2.48. The van der Waals surface area contributed by atoms with E-state index in [2.05, 4.69) is 5.16 Å². The summed E-state index contributed by atoms with van der Waals surface area (Å²) in [6.45, 7) is 4.41. The van der Waals surface area contributed by atoms with Crippen molar-refractivity contribution in [1.29, 1.82) is 0 Å². The second kappa shape index (κ2) is 7.93. The second-order valence-corrected chi connectivity index (χ2v) is 5.39. The first-order chi connectivity index (χ1) is 10.7. The fourth-order valence-electron chi connectivity index (χ4n) is 2.52. The van der Waals surface area contributed by atoms with Crippen molar-refractivity contribution in [2.24, 2.45) is 0 Å². The zero-order valence-corrected chi connectivity index (χ0v) is 13.2. The molecule has 22 heavy (non-hydrogen) atoms. The summed E-state index contributed by atoms with van der Waals surface area (Å²) in [5.41, 5.74) is 0.347. The van der Waals surface area contributed by atoms with E-state index in [1.807, 2.05) is 6.92 Å². The summed E-state index contributed by atoms with van der Waals surface area (Å²) in [7, 11) is 1.50. The minimum Gasteiger partial charge on any atom is -0.375 e. The number of nitrogens with zero attached hydrogens (tertiary/aromatic N) is 3. The molecule has 1 fully saturated rings. The van der Waals surface area contributed by atoms with Crippen LogP contribution in [0.1, 0.15) is 36.0 Å². The van der Waals surface area contributed by atoms with E-state index in [-0.39, 0.29) is 18.4 Å². The minimum absolute atomic E-state index is 0.0385. The fraction of sp³-hybridized carbons (Fsp3) is 0.667. The van der Waals surface area contributed by atoms with Gasteiger partial charge in [-0.15, -0.1) is 0 Å². The predicted octanol–water partition coefficient (Wildman–Crippen LogP) is 0.948. The Morgan fingerprint density at radius 3 is 2.73 bits per heavy atom. The average molecular weight is 309 g/mol. The van der Waals surface area contributed by atoms with Gasteiger partial charge in [0.2, 0.25) is 5.91 Å². The molecule has 1 aliphatic heterocycles. The zero-order valence-electron chi connectivity index (χ0n) is 13.2. The lowest BCUT2D eigenvalue weighted by atomic mass is 10.2. The van der Waals surface area contributed by atoms with Gasteiger partial charge in [-0.3, -0.25) is 9.59 Å². The Morgan fingerprint density at radius 1 is 1.27 bits per heavy atom. The largest absolute Gasteiger partial charge is 0.375 e. The highest BCUT2D eigenvalue weighted by molar-refractivity contribution is 5.92. The minimum atomic E-state index is -0.132. The van der Waals surface area contributed by atoms with Crippen LogP contribution in [0.5, 0.6) is 0 Å². The molecule has 122 valence electrons. The van der Waals surface area contributed by atoms with Crippen molar-refractivity contribution in [1.82, 2.24) is 15.0 Å². The van der Waals surface area contributed by atoms with Gasteiger partial charge in [0.15, 0.2) is 5.69 Å². The van der Waals surface area contributed by atoms with Crippen molar-refractivity contribution in [3.63, 3.8) is 0 Å². The number of methoxy groups -OCH3 is 1. The van der Waals surface area contributed by atoms with Crippen LogP contribution in [0.25, 0.3) is 0 Å². The quantitative estimate of drug-likeness (QED) is 0.809. The first-order valence-corrected chi connectivity index (χ1v) is 7.67. The van der Waals surface area contributed by atoms with Crippen LogP contribution in [0.3, 0.4) is 0 Å². The van der Waals surface area contributed by atoms with Gasteiger partial charge in [0, 0.05) is 45.8 Å². The molecule has 0 saturated carbocycles. The summed E-state index contributed by atoms with van der Waals surface area (Å²) in [5, 5.41) is 3.86. The lowest BCUT2D eigenvalue weighted by Gasteiger charge is -2.21. The molecule has 0 unspecified atom stereocenters. The van der Waals surface area contributed by atoms with Crippen molar-refractivity contribution in [2.45, 2.75) is 26.2 Å². The van der Waals surface area contributed by atoms with Gasteiger partial charge in [-0.05, 0) is 12.8 Å². The molecular formula is C15H23N3O4. The van der Waals surface area contributed by atoms with Crippen molar-refractivity contribution in [3.05, 3.63) is 17.5 Å². The third-order valence-electron chi connectivity index (χ3n) is 3.68. The highest BCUT2D eigenvalue weighted by Crippen LogP contribution is 2.11. The molecule has 1 aromatic rings. The number of hydrogen-bond acceptors (Lipinski definition) is 5. The van der Waals surface area contributed by atoms with Crippen LogP contribution in [0.4, 0.5) is 0 Å². The maximum atomic E-state index is 12.4. The Kier molecular flexibility index (Phi) is 5.94. The Morgan fingerprint density at radius 2 is 2.00 bits per heavy atom. The summed E-state index contributed by atoms with van der Waals surface area (Å²) in [4.78, 5) is 27.8. The van der Waals surface area contributed by atoms with Gasteiger partial charge in [0.05, 0.1) is 0 Å². The number of aromatic nitrogens is 1. The highest BCUT2D eigenvalue weighted by atomic mass is 16.5. The normalized spacial score (nSPS) is 15.7. The standard InChI is InChI=1S/C15H23N3O4/c1-3-5-12-10-13(16-22-12)15(20)18-7-4-6-17(8-9-18)14(19)11-21-2/h10H,3-9,11H2,1-2H3. The average Bonchev–Trinajstić information content (AvgIpc) is 2.83. The van der Waals surface area contributed by atoms with E-state index < -0.39 is 0 Å². The molecule has 7 heteroatoms. The van der Waals surface area contributed by atoms with Gasteiger partial charge >= 0.3 is 0 Å². The molecule has 0 N–H and O–H groups in total. The molecule has 2 heterocycles. The van der Waals surface area contributed by atoms with Crippen molar-refractivity contribution in [2.75, 3.05) is 39.9 Å². The van der Waals surface area contributed by atoms with Crippen LogP contribution in [0, 0.1) is 0 Å². The smallest absolute Gasteiger partial charge is 0.276 e. The number of carbonyl (C=O) groups is 2. The third-order valence-corrected chi connectivity index (χ3v) is 3.68. The number of amides is 2. The van der Waals surface area contributed by atoms with Crippen LogP contribution < -0.4 is 0 Å². The zero-order chi connectivity index (χ0) is 15.9. The number of aryl methyl sites for hydroxylation is 1. The summed E-state index contributed by atoms with van der Waals surface area (Å²) < 4.78 is 10.0. The summed E-state index contributed by atoms with van der Waals surface area (Å²) >= 11 is 0. The lowest BCUT2D eigenvalue weighted by molar-refractivity contribution is -0.135. The monoisotopic (exact) mass is 309 g/mol. The van der Waals surface area contributed by atoms with Crippen molar-refractivity contribution >= 4 is 11.8 Å². The van der Waals surface area contributed by atoms with E-state index in [1.165, 1.54) is 7.11 Å². The van der Waals surface area contributed by atoms with E-state index in [0.29, 0.717) is 31.9 Å². The van der Waals surface area contributed by atoms with Crippen molar-refractivity contribution < 1.29 is 18.8 Å². The SMILES string of the molecule is CCCc1cc(C(=O)N2CCCN(C(=O)COC)CC2)no1. The molecule has 0 spiro atoms. The maximum Gasteiger partial charge on any atom is 0.276 e. The molecule has 2 rings (SSSR count). The number of carbonyl (C=O) groups excluding carboxylic acids is 2. The predicted molar refractivity (Wildman–Crippen MR) is 79.5 cm³/mol. The first-order valence-electron chi connectivity index (χ1n) is 7.67. The molecule has 0 bridgehead atoms. The lowest BCUT2D eigenvalue weighted by Crippen LogP contribution is -2.38. The van der Waals surface area contributed by atoms with Crippen LogP contribution in [-0.4, -0.2) is 66.7 Å². The molecule has 1 aliphatic rings. The molecule has 7 nitrogen and oxygen atoms in total. The molecular weight excluding hydrogens is 286 g/mol. The molecule has 0 atom stereocenters. The molecule has 0 radical (unpaired) electrons. The molecule has 0 aromatic carbocycles. The Hall–Kier alpha value is -1.89. The van der Waals surface area contributed by atoms with Gasteiger partial charge in [-0.25, -0.2) is 0 Å². The second-order valence-electron chi connectivity index (χ2n) is 5.39. The van der Waals surface area contributed by atoms with E-state index in [1.54, 1.807) is 15.9 Å². The molecule has 1 saturated heterocycles. The van der Waals surface area contributed by atoms with Crippen molar-refractivity contribution in [3.8, 4) is 0 Å². The van der Waals surface area contributed by atoms with Crippen LogP contribution in [0.15, 0.2) is 10.6 Å². The summed E-state index contributed by atoms with van der Waals surface area (Å²) in [5.74, 6) is 0.563. The third kappa shape index (κ3) is 4.07. The highest BCUT2D eigenvalue weighted by Gasteiger charge is 2.24. The fourth-order valence-corrected chi connectivity index (χ4v) is 2.52. The number of hydrogen-bond donors (Lipinski definition) is 0. The number of ether oxygens (including phenoxy) is 1. The van der Waals surface area contributed by atoms with E-state index in [0.717, 1.165) is 25.0 Å². The van der Waals surface area contributed by atoms with Gasteiger partial charge in [0.25, 0.3) is 5.91 Å². The van der Waals surface area contributed by atoms with Crippen LogP contribution in [0.2, 0.25) is 0 Å². The Balaban J connectivity index is 1.94. The maximum absolute atomic E-state index is 12.4. The first kappa shape index (κ1) is 16.5. The van der Waals surface area contributed by atoms with E-state index in [9.17, 15) is 9.59 Å². The van der Waals surface area contributed by atoms with Crippen LogP contribution in [-0.2, 0) is 16.0 Å². The van der Waals surface area contributed by atoms with E-state index >= 15 is 0 Å². The van der Waals surface area contributed by atoms with Gasteiger partial charge in [0.1, 0.15) is 12.4 Å². The summed E-state index contributed by atoms with van der Waals surface area (Å²) in [6, 6.07) is 1.71. The molecule has 1 aromatic heterocycles. The van der Waals surface area contributed by atoms with Gasteiger partial charge < -0.3 is 19.1 Å².